The molecule has 0 saturated carbocycles. The molecular formula is C14H16F2NO5P. The van der Waals surface area contributed by atoms with E-state index >= 15 is 0 Å². The summed E-state index contributed by atoms with van der Waals surface area (Å²) >= 11 is 0. The molecule has 0 fully saturated rings. The first-order chi connectivity index (χ1) is 10.8. The van der Waals surface area contributed by atoms with Crippen LogP contribution in [0.4, 0.5) is 8.78 Å². The lowest BCUT2D eigenvalue weighted by molar-refractivity contribution is 0.0106. The van der Waals surface area contributed by atoms with Crippen molar-refractivity contribution in [2.75, 3.05) is 19.8 Å². The van der Waals surface area contributed by atoms with Crippen molar-refractivity contribution in [2.24, 2.45) is 0 Å². The van der Waals surface area contributed by atoms with E-state index in [0.29, 0.717) is 4.90 Å². The molecule has 0 unspecified atom stereocenters. The van der Waals surface area contributed by atoms with Gasteiger partial charge in [0, 0.05) is 0 Å². The molecule has 1 aromatic rings. The largest absolute Gasteiger partial charge is 0.401 e. The molecule has 0 aliphatic carbocycles. The van der Waals surface area contributed by atoms with Gasteiger partial charge in [0.1, 0.15) is 6.54 Å². The molecule has 2 amide bonds. The molecule has 1 aliphatic rings. The molecule has 0 radical (unpaired) electrons. The van der Waals surface area contributed by atoms with Gasteiger partial charge in [-0.05, 0) is 26.0 Å². The van der Waals surface area contributed by atoms with Crippen LogP contribution in [0.1, 0.15) is 34.6 Å². The number of nitrogens with zero attached hydrogens (tertiary/aromatic N) is 1. The van der Waals surface area contributed by atoms with E-state index in [9.17, 15) is 22.9 Å². The lowest BCUT2D eigenvalue weighted by Gasteiger charge is -2.28. The maximum absolute atomic E-state index is 14.4. The molecule has 0 N–H and O–H groups in total. The highest BCUT2D eigenvalue weighted by Crippen LogP contribution is 2.62. The van der Waals surface area contributed by atoms with Crippen LogP contribution >= 0.6 is 7.60 Å². The Labute approximate surface area is 131 Å². The number of hydrogen-bond donors (Lipinski definition) is 0. The normalized spacial score (nSPS) is 15.2. The molecule has 0 aromatic heterocycles. The summed E-state index contributed by atoms with van der Waals surface area (Å²) in [5.74, 6) is -1.71. The van der Waals surface area contributed by atoms with Crippen molar-refractivity contribution < 1.29 is 32.0 Å². The fourth-order valence-electron chi connectivity index (χ4n) is 2.23. The zero-order chi connectivity index (χ0) is 17.3. The standard InChI is InChI=1S/C14H16F2NO5P/c1-3-21-23(20,22-4-2)14(15,16)9-17-12(18)10-7-5-6-8-11(10)13(17)19/h5-8H,3-4,9H2,1-2H3. The number of rotatable bonds is 7. The predicted molar refractivity (Wildman–Crippen MR) is 77.6 cm³/mol. The minimum atomic E-state index is -4.80. The molecule has 6 nitrogen and oxygen atoms in total. The number of carbonyl (C=O) groups is 2. The number of halogens is 2. The summed E-state index contributed by atoms with van der Waals surface area (Å²) in [6, 6.07) is 5.80. The minimum absolute atomic E-state index is 0.0379. The second-order valence-electron chi connectivity index (χ2n) is 4.74. The molecule has 1 aromatic carbocycles. The van der Waals surface area contributed by atoms with Crippen LogP contribution in [0.2, 0.25) is 0 Å². The molecule has 23 heavy (non-hydrogen) atoms. The first-order valence-corrected chi connectivity index (χ1v) is 8.54. The van der Waals surface area contributed by atoms with E-state index in [2.05, 4.69) is 9.05 Å². The van der Waals surface area contributed by atoms with Crippen LogP contribution in [-0.2, 0) is 13.6 Å². The van der Waals surface area contributed by atoms with Gasteiger partial charge in [0.15, 0.2) is 0 Å². The van der Waals surface area contributed by atoms with Crippen molar-refractivity contribution in [1.29, 1.82) is 0 Å². The SMILES string of the molecule is CCOP(=O)(OCC)C(F)(F)CN1C(=O)c2ccccc2C1=O. The zero-order valence-electron chi connectivity index (χ0n) is 12.6. The second-order valence-corrected chi connectivity index (χ2v) is 6.91. The van der Waals surface area contributed by atoms with Crippen LogP contribution in [-0.4, -0.2) is 42.1 Å². The van der Waals surface area contributed by atoms with Crippen LogP contribution in [0.25, 0.3) is 0 Å². The average Bonchev–Trinajstić information content (AvgIpc) is 2.73. The van der Waals surface area contributed by atoms with Gasteiger partial charge >= 0.3 is 13.3 Å². The number of fused-ring (bicyclic) bond motifs is 1. The Morgan fingerprint density at radius 2 is 1.48 bits per heavy atom. The van der Waals surface area contributed by atoms with Gasteiger partial charge in [-0.15, -0.1) is 0 Å². The molecule has 0 saturated heterocycles. The monoisotopic (exact) mass is 347 g/mol. The molecule has 0 spiro atoms. The molecule has 1 aliphatic heterocycles. The van der Waals surface area contributed by atoms with Gasteiger partial charge in [-0.3, -0.25) is 19.1 Å². The Bertz CT molecular complexity index is 634. The summed E-state index contributed by atoms with van der Waals surface area (Å²) in [6.45, 7) is 0.911. The van der Waals surface area contributed by atoms with Gasteiger partial charge < -0.3 is 9.05 Å². The van der Waals surface area contributed by atoms with Gasteiger partial charge in [0.05, 0.1) is 24.3 Å². The van der Waals surface area contributed by atoms with Crippen molar-refractivity contribution in [3.63, 3.8) is 0 Å². The summed E-state index contributed by atoms with van der Waals surface area (Å²) in [5.41, 5.74) is -3.93. The summed E-state index contributed by atoms with van der Waals surface area (Å²) in [6.07, 6.45) is 0. The number of hydrogen-bond acceptors (Lipinski definition) is 5. The quantitative estimate of drug-likeness (QED) is 0.560. The van der Waals surface area contributed by atoms with E-state index in [1.54, 1.807) is 0 Å². The third-order valence-electron chi connectivity index (χ3n) is 3.23. The summed E-state index contributed by atoms with van der Waals surface area (Å²) in [4.78, 5) is 24.6. The lowest BCUT2D eigenvalue weighted by Crippen LogP contribution is -2.41. The molecule has 0 bridgehead atoms. The van der Waals surface area contributed by atoms with Crippen LogP contribution in [0.5, 0.6) is 0 Å². The van der Waals surface area contributed by atoms with Gasteiger partial charge in [-0.2, -0.15) is 8.78 Å². The first kappa shape index (κ1) is 17.7. The van der Waals surface area contributed by atoms with Crippen LogP contribution < -0.4 is 0 Å². The molecule has 126 valence electrons. The Kier molecular flexibility index (Phi) is 4.98. The third-order valence-corrected chi connectivity index (χ3v) is 5.36. The predicted octanol–water partition coefficient (Wildman–Crippen LogP) is 3.14. The number of benzene rings is 1. The maximum atomic E-state index is 14.4. The molecule has 9 heteroatoms. The third kappa shape index (κ3) is 3.06. The first-order valence-electron chi connectivity index (χ1n) is 6.99. The van der Waals surface area contributed by atoms with Gasteiger partial charge in [-0.1, -0.05) is 12.1 Å². The van der Waals surface area contributed by atoms with E-state index in [4.69, 9.17) is 0 Å². The van der Waals surface area contributed by atoms with Crippen LogP contribution in [0.3, 0.4) is 0 Å². The molecule has 1 heterocycles. The van der Waals surface area contributed by atoms with E-state index in [-0.39, 0.29) is 24.3 Å². The van der Waals surface area contributed by atoms with Gasteiger partial charge in [-0.25, -0.2) is 0 Å². The maximum Gasteiger partial charge on any atom is 0.401 e. The fraction of sp³-hybridized carbons (Fsp3) is 0.429. The zero-order valence-corrected chi connectivity index (χ0v) is 13.5. The summed E-state index contributed by atoms with van der Waals surface area (Å²) in [5, 5.41) is 0. The topological polar surface area (TPSA) is 72.9 Å². The Balaban J connectivity index is 2.29. The Hall–Kier alpha value is -1.63. The summed E-state index contributed by atoms with van der Waals surface area (Å²) < 4.78 is 50.3. The molecule has 2 rings (SSSR count). The van der Waals surface area contributed by atoms with Crippen molar-refractivity contribution in [3.05, 3.63) is 35.4 Å². The Morgan fingerprint density at radius 1 is 1.04 bits per heavy atom. The number of carbonyl (C=O) groups excluding carboxylic acids is 2. The highest BCUT2D eigenvalue weighted by Gasteiger charge is 2.56. The van der Waals surface area contributed by atoms with Crippen LogP contribution in [0, 0.1) is 0 Å². The van der Waals surface area contributed by atoms with Crippen molar-refractivity contribution in [1.82, 2.24) is 4.90 Å². The second kappa shape index (κ2) is 6.47. The number of amides is 2. The van der Waals surface area contributed by atoms with E-state index in [1.165, 1.54) is 38.1 Å². The van der Waals surface area contributed by atoms with Crippen molar-refractivity contribution in [2.45, 2.75) is 19.5 Å². The molecular weight excluding hydrogens is 331 g/mol. The van der Waals surface area contributed by atoms with E-state index in [0.717, 1.165) is 0 Å². The smallest absolute Gasteiger partial charge is 0.305 e. The Morgan fingerprint density at radius 3 is 1.87 bits per heavy atom. The van der Waals surface area contributed by atoms with Gasteiger partial charge in [0.25, 0.3) is 11.8 Å². The van der Waals surface area contributed by atoms with E-state index < -0.39 is 31.6 Å². The van der Waals surface area contributed by atoms with Gasteiger partial charge in [0.2, 0.25) is 0 Å². The molecule has 0 atom stereocenters. The highest BCUT2D eigenvalue weighted by molar-refractivity contribution is 7.55. The average molecular weight is 347 g/mol. The van der Waals surface area contributed by atoms with Crippen molar-refractivity contribution in [3.8, 4) is 0 Å². The van der Waals surface area contributed by atoms with Crippen LogP contribution in [0.15, 0.2) is 24.3 Å². The minimum Gasteiger partial charge on any atom is -0.305 e. The fourth-order valence-corrected chi connectivity index (χ4v) is 3.67. The number of alkyl halides is 2. The summed E-state index contributed by atoms with van der Waals surface area (Å²) in [7, 11) is -4.80. The van der Waals surface area contributed by atoms with E-state index in [1.807, 2.05) is 0 Å². The highest BCUT2D eigenvalue weighted by atomic mass is 31.2. The van der Waals surface area contributed by atoms with Crippen molar-refractivity contribution >= 4 is 19.4 Å². The number of imide groups is 1. The lowest BCUT2D eigenvalue weighted by atomic mass is 10.1.